The zero-order valence-electron chi connectivity index (χ0n) is 7.28. The maximum Gasteiger partial charge on any atom is 0.509 e. The Balaban J connectivity index is 3.27. The number of benzene rings is 1. The van der Waals surface area contributed by atoms with Crippen LogP contribution in [0.5, 0.6) is 0 Å². The van der Waals surface area contributed by atoms with Crippen LogP contribution < -0.4 is 5.46 Å². The van der Waals surface area contributed by atoms with Crippen molar-refractivity contribution in [3.63, 3.8) is 0 Å². The molecule has 0 amide bonds. The van der Waals surface area contributed by atoms with E-state index in [9.17, 15) is 12.9 Å². The van der Waals surface area contributed by atoms with Gasteiger partial charge in [0, 0.05) is 10.6 Å². The highest BCUT2D eigenvalue weighted by Gasteiger charge is 2.25. The van der Waals surface area contributed by atoms with Crippen LogP contribution in [0.2, 0.25) is 0 Å². The summed E-state index contributed by atoms with van der Waals surface area (Å²) < 4.78 is 36.9. The van der Waals surface area contributed by atoms with Crippen molar-refractivity contribution in [1.82, 2.24) is 0 Å². The van der Waals surface area contributed by atoms with Crippen LogP contribution in [0.1, 0.15) is 5.56 Å². The van der Waals surface area contributed by atoms with Gasteiger partial charge in [-0.25, -0.2) is 0 Å². The number of hydrogen-bond donors (Lipinski definition) is 0. The molecular formula is C7H6BF3N3-. The van der Waals surface area contributed by atoms with E-state index in [0.717, 1.165) is 12.1 Å². The quantitative estimate of drug-likeness (QED) is 0.305. The zero-order valence-corrected chi connectivity index (χ0v) is 7.28. The molecule has 0 radical (unpaired) electrons. The first-order valence-electron chi connectivity index (χ1n) is 3.80. The molecule has 0 aromatic heterocycles. The summed E-state index contributed by atoms with van der Waals surface area (Å²) in [6.07, 6.45) is 0. The lowest BCUT2D eigenvalue weighted by Crippen LogP contribution is -2.33. The normalized spacial score (nSPS) is 10.9. The molecule has 74 valence electrons. The highest BCUT2D eigenvalue weighted by Crippen LogP contribution is 2.17. The van der Waals surface area contributed by atoms with Gasteiger partial charge in [-0.2, -0.15) is 0 Å². The van der Waals surface area contributed by atoms with Gasteiger partial charge in [0.2, 0.25) is 0 Å². The van der Waals surface area contributed by atoms with Crippen LogP contribution in [0.25, 0.3) is 10.4 Å². The van der Waals surface area contributed by atoms with E-state index in [4.69, 9.17) is 5.53 Å². The first-order valence-corrected chi connectivity index (χ1v) is 3.80. The third-order valence-electron chi connectivity index (χ3n) is 1.62. The Morgan fingerprint density at radius 1 is 1.29 bits per heavy atom. The van der Waals surface area contributed by atoms with Crippen molar-refractivity contribution in [2.24, 2.45) is 5.11 Å². The Hall–Kier alpha value is -1.62. The van der Waals surface area contributed by atoms with Gasteiger partial charge in [0.1, 0.15) is 0 Å². The lowest BCUT2D eigenvalue weighted by molar-refractivity contribution is 0.501. The number of aryl methyl sites for hydroxylation is 1. The fraction of sp³-hybridized carbons (Fsp3) is 0.143. The Morgan fingerprint density at radius 3 is 2.43 bits per heavy atom. The van der Waals surface area contributed by atoms with Gasteiger partial charge >= 0.3 is 6.98 Å². The van der Waals surface area contributed by atoms with Crippen molar-refractivity contribution in [2.75, 3.05) is 0 Å². The SMILES string of the molecule is Cc1cc(N=[N+]=[N-])cc([B-](F)(F)F)c1. The van der Waals surface area contributed by atoms with Crippen LogP contribution in [0.3, 0.4) is 0 Å². The molecule has 0 aliphatic heterocycles. The molecular weight excluding hydrogens is 194 g/mol. The monoisotopic (exact) mass is 200 g/mol. The van der Waals surface area contributed by atoms with E-state index in [1.807, 2.05) is 0 Å². The summed E-state index contributed by atoms with van der Waals surface area (Å²) in [5.74, 6) is 0. The molecule has 0 fully saturated rings. The molecule has 0 bridgehead atoms. The van der Waals surface area contributed by atoms with Crippen LogP contribution in [-0.4, -0.2) is 6.98 Å². The molecule has 1 aromatic rings. The van der Waals surface area contributed by atoms with Crippen LogP contribution in [-0.2, 0) is 0 Å². The van der Waals surface area contributed by atoms with Gasteiger partial charge in [0.05, 0.1) is 0 Å². The van der Waals surface area contributed by atoms with E-state index < -0.39 is 12.4 Å². The maximum atomic E-state index is 12.3. The molecule has 7 heteroatoms. The molecule has 0 atom stereocenters. The van der Waals surface area contributed by atoms with E-state index in [-0.39, 0.29) is 5.69 Å². The molecule has 3 nitrogen and oxygen atoms in total. The maximum absolute atomic E-state index is 12.3. The predicted molar refractivity (Wildman–Crippen MR) is 48.7 cm³/mol. The second-order valence-electron chi connectivity index (χ2n) is 2.87. The average Bonchev–Trinajstić information content (AvgIpc) is 2.02. The van der Waals surface area contributed by atoms with Gasteiger partial charge < -0.3 is 12.9 Å². The number of azide groups is 1. The topological polar surface area (TPSA) is 48.8 Å². The van der Waals surface area contributed by atoms with E-state index >= 15 is 0 Å². The van der Waals surface area contributed by atoms with E-state index in [2.05, 4.69) is 10.0 Å². The molecule has 0 saturated heterocycles. The lowest BCUT2D eigenvalue weighted by atomic mass is 9.79. The number of rotatable bonds is 2. The van der Waals surface area contributed by atoms with Gasteiger partial charge in [0.25, 0.3) is 0 Å². The van der Waals surface area contributed by atoms with E-state index in [0.29, 0.717) is 5.56 Å². The fourth-order valence-electron chi connectivity index (χ4n) is 1.09. The Morgan fingerprint density at radius 2 is 1.93 bits per heavy atom. The summed E-state index contributed by atoms with van der Waals surface area (Å²) in [6.45, 7) is -3.52. The van der Waals surface area contributed by atoms with Crippen molar-refractivity contribution in [3.05, 3.63) is 34.2 Å². The second-order valence-corrected chi connectivity index (χ2v) is 2.87. The molecule has 0 spiro atoms. The second kappa shape index (κ2) is 3.63. The molecule has 1 rings (SSSR count). The first-order chi connectivity index (χ1) is 6.43. The summed E-state index contributed by atoms with van der Waals surface area (Å²) in [7, 11) is 0. The molecule has 0 N–H and O–H groups in total. The largest absolute Gasteiger partial charge is 0.509 e. The summed E-state index contributed by atoms with van der Waals surface area (Å²) in [5, 5.41) is 3.13. The molecule has 14 heavy (non-hydrogen) atoms. The standard InChI is InChI=1S/C7H6BF3N3/c1-5-2-6(8(9,10)11)4-7(3-5)13-14-12/h2-4H,1H3/q-1. The van der Waals surface area contributed by atoms with Crippen LogP contribution in [0, 0.1) is 6.92 Å². The number of hydrogen-bond acceptors (Lipinski definition) is 1. The van der Waals surface area contributed by atoms with Crippen LogP contribution in [0.4, 0.5) is 18.6 Å². The molecule has 0 aliphatic carbocycles. The minimum Gasteiger partial charge on any atom is -0.445 e. The molecule has 0 heterocycles. The summed E-state index contributed by atoms with van der Waals surface area (Å²) in [5.41, 5.74) is 7.75. The first kappa shape index (κ1) is 10.5. The van der Waals surface area contributed by atoms with Gasteiger partial charge in [0.15, 0.2) is 0 Å². The van der Waals surface area contributed by atoms with Crippen molar-refractivity contribution in [3.8, 4) is 0 Å². The smallest absolute Gasteiger partial charge is 0.445 e. The molecule has 1 aromatic carbocycles. The Bertz CT molecular complexity index is 396. The zero-order chi connectivity index (χ0) is 10.8. The Labute approximate surface area is 78.2 Å². The summed E-state index contributed by atoms with van der Waals surface area (Å²) >= 11 is 0. The summed E-state index contributed by atoms with van der Waals surface area (Å²) in [4.78, 5) is 2.43. The van der Waals surface area contributed by atoms with Crippen LogP contribution >= 0.6 is 0 Å². The van der Waals surface area contributed by atoms with Gasteiger partial charge in [-0.15, -0.1) is 5.46 Å². The third-order valence-corrected chi connectivity index (χ3v) is 1.62. The van der Waals surface area contributed by atoms with Gasteiger partial charge in [-0.05, 0) is 18.5 Å². The van der Waals surface area contributed by atoms with Crippen molar-refractivity contribution < 1.29 is 12.9 Å². The number of halogens is 3. The fourth-order valence-corrected chi connectivity index (χ4v) is 1.09. The van der Waals surface area contributed by atoms with Crippen LogP contribution in [0.15, 0.2) is 23.3 Å². The predicted octanol–water partition coefficient (Wildman–Crippen LogP) is 2.99. The minimum atomic E-state index is -5.04. The number of nitrogens with zero attached hydrogens (tertiary/aromatic N) is 3. The van der Waals surface area contributed by atoms with E-state index in [1.165, 1.54) is 13.0 Å². The highest BCUT2D eigenvalue weighted by atomic mass is 19.4. The minimum absolute atomic E-state index is 0.0123. The molecule has 0 aliphatic rings. The molecule has 0 saturated carbocycles. The van der Waals surface area contributed by atoms with Gasteiger partial charge in [-0.1, -0.05) is 22.8 Å². The van der Waals surface area contributed by atoms with Crippen molar-refractivity contribution in [2.45, 2.75) is 6.92 Å². The van der Waals surface area contributed by atoms with Crippen molar-refractivity contribution >= 4 is 18.1 Å². The van der Waals surface area contributed by atoms with Crippen molar-refractivity contribution in [1.29, 1.82) is 0 Å². The average molecular weight is 200 g/mol. The highest BCUT2D eigenvalue weighted by molar-refractivity contribution is 6.73. The summed E-state index contributed by atoms with van der Waals surface area (Å²) in [6, 6.07) is 3.26. The Kier molecular flexibility index (Phi) is 2.72. The molecule has 0 unspecified atom stereocenters. The van der Waals surface area contributed by atoms with E-state index in [1.54, 1.807) is 0 Å². The third kappa shape index (κ3) is 2.43. The van der Waals surface area contributed by atoms with Gasteiger partial charge in [-0.3, -0.25) is 0 Å². The lowest BCUT2D eigenvalue weighted by Gasteiger charge is -2.15.